The summed E-state index contributed by atoms with van der Waals surface area (Å²) in [6.45, 7) is 0.984. The van der Waals surface area contributed by atoms with Gasteiger partial charge in [-0.1, -0.05) is 31.0 Å². The van der Waals surface area contributed by atoms with Crippen molar-refractivity contribution in [3.63, 3.8) is 0 Å². The van der Waals surface area contributed by atoms with Gasteiger partial charge in [0.05, 0.1) is 12.2 Å². The molecule has 0 bridgehead atoms. The minimum Gasteiger partial charge on any atom is -0.383 e. The lowest BCUT2D eigenvalue weighted by Crippen LogP contribution is -2.37. The standard InChI is InChI=1S/C23H26F3NO5S/c1-31-13-12-27(22(28)18-7-2-3-8-18)16-17-6-4-10-20(14-17)32-33(29,30)21-11-5-9-19(15-21)23(24,25)26/h4-6,9-11,14-15,18H,2-3,7-8,12-13,16H2,1H3. The molecule has 1 fully saturated rings. The topological polar surface area (TPSA) is 72.9 Å². The summed E-state index contributed by atoms with van der Waals surface area (Å²) in [7, 11) is -2.94. The molecule has 0 aromatic heterocycles. The lowest BCUT2D eigenvalue weighted by molar-refractivity contribution is -0.138. The highest BCUT2D eigenvalue weighted by Gasteiger charge is 2.32. The molecule has 180 valence electrons. The summed E-state index contributed by atoms with van der Waals surface area (Å²) in [6.07, 6.45) is -0.944. The van der Waals surface area contributed by atoms with E-state index in [1.165, 1.54) is 12.1 Å². The van der Waals surface area contributed by atoms with Crippen LogP contribution >= 0.6 is 0 Å². The molecule has 33 heavy (non-hydrogen) atoms. The lowest BCUT2D eigenvalue weighted by atomic mass is 10.1. The highest BCUT2D eigenvalue weighted by molar-refractivity contribution is 7.87. The average molecular weight is 486 g/mol. The molecule has 1 aliphatic carbocycles. The fourth-order valence-corrected chi connectivity index (χ4v) is 4.79. The van der Waals surface area contributed by atoms with E-state index in [2.05, 4.69) is 0 Å². The number of rotatable bonds is 9. The maximum Gasteiger partial charge on any atom is 0.416 e. The Balaban J connectivity index is 1.77. The first-order chi connectivity index (χ1) is 15.6. The Bertz CT molecular complexity index is 1070. The van der Waals surface area contributed by atoms with Crippen molar-refractivity contribution in [1.29, 1.82) is 0 Å². The van der Waals surface area contributed by atoms with Gasteiger partial charge in [-0.05, 0) is 48.7 Å². The third kappa shape index (κ3) is 6.70. The van der Waals surface area contributed by atoms with Crippen LogP contribution in [0.4, 0.5) is 13.2 Å². The van der Waals surface area contributed by atoms with Crippen LogP contribution in [0.3, 0.4) is 0 Å². The van der Waals surface area contributed by atoms with Gasteiger partial charge >= 0.3 is 16.3 Å². The van der Waals surface area contributed by atoms with Gasteiger partial charge in [0.25, 0.3) is 0 Å². The third-order valence-corrected chi connectivity index (χ3v) is 6.75. The highest BCUT2D eigenvalue weighted by Crippen LogP contribution is 2.31. The molecule has 1 aliphatic rings. The van der Waals surface area contributed by atoms with Gasteiger partial charge in [-0.3, -0.25) is 4.79 Å². The third-order valence-electron chi connectivity index (χ3n) is 5.51. The number of carbonyl (C=O) groups is 1. The van der Waals surface area contributed by atoms with Crippen LogP contribution in [-0.4, -0.2) is 39.5 Å². The molecule has 0 N–H and O–H groups in total. The first kappa shape index (κ1) is 25.0. The molecule has 3 rings (SSSR count). The number of hydrogen-bond acceptors (Lipinski definition) is 5. The van der Waals surface area contributed by atoms with Gasteiger partial charge in [0.15, 0.2) is 0 Å². The largest absolute Gasteiger partial charge is 0.416 e. The summed E-state index contributed by atoms with van der Waals surface area (Å²) in [5.41, 5.74) is -0.450. The number of benzene rings is 2. The van der Waals surface area contributed by atoms with E-state index in [-0.39, 0.29) is 24.1 Å². The summed E-state index contributed by atoms with van der Waals surface area (Å²) in [5, 5.41) is 0. The maximum absolute atomic E-state index is 12.9. The molecule has 0 spiro atoms. The van der Waals surface area contributed by atoms with E-state index >= 15 is 0 Å². The normalized spacial score (nSPS) is 14.9. The van der Waals surface area contributed by atoms with Gasteiger partial charge in [-0.25, -0.2) is 0 Å². The summed E-state index contributed by atoms with van der Waals surface area (Å²) in [5.74, 6) is -0.0417. The van der Waals surface area contributed by atoms with Crippen LogP contribution in [0.25, 0.3) is 0 Å². The second-order valence-electron chi connectivity index (χ2n) is 7.94. The number of amides is 1. The van der Waals surface area contributed by atoms with Gasteiger partial charge in [0.1, 0.15) is 10.6 Å². The number of hydrogen-bond donors (Lipinski definition) is 0. The van der Waals surface area contributed by atoms with Gasteiger partial charge in [0.2, 0.25) is 5.91 Å². The molecule has 0 saturated heterocycles. The van der Waals surface area contributed by atoms with Crippen molar-refractivity contribution in [3.8, 4) is 5.75 Å². The van der Waals surface area contributed by atoms with Crippen LogP contribution in [0.15, 0.2) is 53.4 Å². The second-order valence-corrected chi connectivity index (χ2v) is 9.49. The van der Waals surface area contributed by atoms with Crippen molar-refractivity contribution < 1.29 is 35.3 Å². The van der Waals surface area contributed by atoms with Gasteiger partial charge in [-0.2, -0.15) is 21.6 Å². The summed E-state index contributed by atoms with van der Waals surface area (Å²) in [6, 6.07) is 9.53. The van der Waals surface area contributed by atoms with Crippen LogP contribution in [0.1, 0.15) is 36.8 Å². The minimum absolute atomic E-state index is 0.0254. The molecule has 10 heteroatoms. The van der Waals surface area contributed by atoms with Crippen molar-refractivity contribution in [2.24, 2.45) is 5.92 Å². The molecule has 0 unspecified atom stereocenters. The van der Waals surface area contributed by atoms with E-state index < -0.39 is 26.8 Å². The molecular weight excluding hydrogens is 459 g/mol. The minimum atomic E-state index is -4.68. The van der Waals surface area contributed by atoms with Crippen molar-refractivity contribution >= 4 is 16.0 Å². The fourth-order valence-electron chi connectivity index (χ4n) is 3.82. The highest BCUT2D eigenvalue weighted by atomic mass is 32.2. The number of ether oxygens (including phenoxy) is 1. The zero-order valence-electron chi connectivity index (χ0n) is 18.2. The molecule has 0 heterocycles. The molecule has 0 aliphatic heterocycles. The number of methoxy groups -OCH3 is 1. The number of carbonyl (C=O) groups excluding carboxylic acids is 1. The molecule has 2 aromatic carbocycles. The molecule has 0 atom stereocenters. The Labute approximate surface area is 191 Å². The number of halogens is 3. The van der Waals surface area contributed by atoms with E-state index in [0.29, 0.717) is 24.8 Å². The Morgan fingerprint density at radius 2 is 1.79 bits per heavy atom. The monoisotopic (exact) mass is 485 g/mol. The second kappa shape index (κ2) is 10.6. The molecule has 0 radical (unpaired) electrons. The molecule has 2 aromatic rings. The molecule has 1 amide bonds. The van der Waals surface area contributed by atoms with Crippen LogP contribution in [0.2, 0.25) is 0 Å². The molecule has 6 nitrogen and oxygen atoms in total. The summed E-state index contributed by atoms with van der Waals surface area (Å²) < 4.78 is 74.2. The van der Waals surface area contributed by atoms with E-state index in [0.717, 1.165) is 43.9 Å². The van der Waals surface area contributed by atoms with E-state index in [9.17, 15) is 26.4 Å². The Morgan fingerprint density at radius 3 is 2.45 bits per heavy atom. The zero-order valence-corrected chi connectivity index (χ0v) is 19.0. The summed E-state index contributed by atoms with van der Waals surface area (Å²) >= 11 is 0. The maximum atomic E-state index is 12.9. The van der Waals surface area contributed by atoms with Gasteiger partial charge < -0.3 is 13.8 Å². The lowest BCUT2D eigenvalue weighted by Gasteiger charge is -2.25. The van der Waals surface area contributed by atoms with E-state index in [1.54, 1.807) is 24.1 Å². The predicted octanol–water partition coefficient (Wildman–Crippen LogP) is 4.64. The molecular formula is C23H26F3NO5S. The van der Waals surface area contributed by atoms with Crippen LogP contribution in [-0.2, 0) is 32.4 Å². The quantitative estimate of drug-likeness (QED) is 0.484. The SMILES string of the molecule is COCCN(Cc1cccc(OS(=O)(=O)c2cccc(C(F)(F)F)c2)c1)C(=O)C1CCCC1. The van der Waals surface area contributed by atoms with Crippen LogP contribution < -0.4 is 4.18 Å². The average Bonchev–Trinajstić information content (AvgIpc) is 3.30. The first-order valence-electron chi connectivity index (χ1n) is 10.6. The van der Waals surface area contributed by atoms with Gasteiger partial charge in [-0.15, -0.1) is 0 Å². The molecule has 1 saturated carbocycles. The Kier molecular flexibility index (Phi) is 8.01. The van der Waals surface area contributed by atoms with E-state index in [1.807, 2.05) is 0 Å². The fraction of sp³-hybridized carbons (Fsp3) is 0.435. The zero-order chi connectivity index (χ0) is 24.1. The number of alkyl halides is 3. The first-order valence-corrected chi connectivity index (χ1v) is 12.0. The van der Waals surface area contributed by atoms with Gasteiger partial charge in [0, 0.05) is 26.1 Å². The van der Waals surface area contributed by atoms with Crippen molar-refractivity contribution in [3.05, 3.63) is 59.7 Å². The smallest absolute Gasteiger partial charge is 0.383 e. The van der Waals surface area contributed by atoms with E-state index in [4.69, 9.17) is 8.92 Å². The Morgan fingerprint density at radius 1 is 1.09 bits per heavy atom. The van der Waals surface area contributed by atoms with Crippen molar-refractivity contribution in [2.45, 2.75) is 43.3 Å². The van der Waals surface area contributed by atoms with Crippen LogP contribution in [0.5, 0.6) is 5.75 Å². The van der Waals surface area contributed by atoms with Crippen molar-refractivity contribution in [2.75, 3.05) is 20.3 Å². The predicted molar refractivity (Wildman–Crippen MR) is 115 cm³/mol. The van der Waals surface area contributed by atoms with Crippen LogP contribution in [0, 0.1) is 5.92 Å². The summed E-state index contributed by atoms with van der Waals surface area (Å²) in [4.78, 5) is 14.0. The number of nitrogens with zero attached hydrogens (tertiary/aromatic N) is 1. The Hall–Kier alpha value is -2.59. The van der Waals surface area contributed by atoms with Crippen molar-refractivity contribution in [1.82, 2.24) is 4.90 Å².